The highest BCUT2D eigenvalue weighted by Crippen LogP contribution is 2.53. The zero-order chi connectivity index (χ0) is 23.6. The third-order valence-corrected chi connectivity index (χ3v) is 7.45. The number of imide groups is 1. The van der Waals surface area contributed by atoms with E-state index in [9.17, 15) is 14.4 Å². The van der Waals surface area contributed by atoms with Gasteiger partial charge in [-0.3, -0.25) is 14.4 Å². The smallest absolute Gasteiger partial charge is 0.240 e. The fraction of sp³-hybridized carbons (Fsp3) is 0.148. The van der Waals surface area contributed by atoms with E-state index < -0.39 is 23.9 Å². The average molecular weight is 489 g/mol. The van der Waals surface area contributed by atoms with Crippen LogP contribution in [-0.4, -0.2) is 28.5 Å². The number of ketones is 1. The lowest BCUT2D eigenvalue weighted by Crippen LogP contribution is -2.44. The van der Waals surface area contributed by atoms with Crippen LogP contribution in [0.4, 0.5) is 5.69 Å². The summed E-state index contributed by atoms with van der Waals surface area (Å²) in [5, 5.41) is 1.03. The molecule has 5 nitrogen and oxygen atoms in total. The number of carbonyl (C=O) groups is 3. The van der Waals surface area contributed by atoms with Gasteiger partial charge in [-0.25, -0.2) is 4.90 Å². The Kier molecular flexibility index (Phi) is 4.87. The fourth-order valence-electron chi connectivity index (χ4n) is 5.49. The van der Waals surface area contributed by atoms with Gasteiger partial charge in [-0.05, 0) is 65.7 Å². The second-order valence-electron chi connectivity index (χ2n) is 8.69. The monoisotopic (exact) mass is 488 g/mol. The summed E-state index contributed by atoms with van der Waals surface area (Å²) in [7, 11) is 0. The molecule has 2 amide bonds. The van der Waals surface area contributed by atoms with E-state index in [0.29, 0.717) is 21.3 Å². The third kappa shape index (κ3) is 3.04. The summed E-state index contributed by atoms with van der Waals surface area (Å²) in [6.07, 6.45) is 3.78. The fourth-order valence-corrected chi connectivity index (χ4v) is 5.74. The molecule has 0 N–H and O–H groups in total. The summed E-state index contributed by atoms with van der Waals surface area (Å²) < 4.78 is 0. The van der Waals surface area contributed by atoms with Crippen molar-refractivity contribution in [3.8, 4) is 0 Å². The molecule has 168 valence electrons. The number of fused-ring (bicyclic) bond motifs is 5. The van der Waals surface area contributed by atoms with E-state index in [4.69, 9.17) is 23.2 Å². The normalized spacial score (nSPS) is 24.8. The number of Topliss-reactive ketones (excluding diaryl/α,β-unsaturated/α-hetero) is 1. The predicted octanol–water partition coefficient (Wildman–Crippen LogP) is 5.39. The Morgan fingerprint density at radius 1 is 0.765 bits per heavy atom. The van der Waals surface area contributed by atoms with Crippen molar-refractivity contribution in [3.05, 3.63) is 106 Å². The lowest BCUT2D eigenvalue weighted by Gasteiger charge is -2.35. The maximum Gasteiger partial charge on any atom is 0.240 e. The molecule has 3 heterocycles. The zero-order valence-corrected chi connectivity index (χ0v) is 19.3. The van der Waals surface area contributed by atoms with E-state index in [1.165, 1.54) is 4.90 Å². The number of benzene rings is 3. The van der Waals surface area contributed by atoms with Gasteiger partial charge in [0, 0.05) is 21.8 Å². The summed E-state index contributed by atoms with van der Waals surface area (Å²) >= 11 is 12.0. The Morgan fingerprint density at radius 3 is 2.09 bits per heavy atom. The molecular weight excluding hydrogens is 471 g/mol. The maximum atomic E-state index is 13.8. The Labute approximate surface area is 206 Å². The molecular formula is C27H18Cl2N2O3. The molecule has 6 rings (SSSR count). The van der Waals surface area contributed by atoms with E-state index in [-0.39, 0.29) is 17.6 Å². The molecule has 2 fully saturated rings. The van der Waals surface area contributed by atoms with Crippen molar-refractivity contribution in [1.29, 1.82) is 0 Å². The zero-order valence-electron chi connectivity index (χ0n) is 17.8. The van der Waals surface area contributed by atoms with Crippen LogP contribution in [0, 0.1) is 11.8 Å². The standard InChI is InChI=1S/C27H18Cl2N2O3/c28-17-7-5-16(6-8-17)25(32)24-22-21(23-20-4-2-1-3-15(20)13-14-30(23)24)26(33)31(27(22)34)19-11-9-18(29)10-12-19/h1-14,21-24H/t21-,22+,23?,24-/m1/s1. The first-order chi connectivity index (χ1) is 16.5. The molecule has 3 aromatic carbocycles. The maximum absolute atomic E-state index is 13.8. The topological polar surface area (TPSA) is 57.7 Å². The van der Waals surface area contributed by atoms with Gasteiger partial charge < -0.3 is 4.90 Å². The lowest BCUT2D eigenvalue weighted by atomic mass is 9.83. The summed E-state index contributed by atoms with van der Waals surface area (Å²) in [6, 6.07) is 19.8. The van der Waals surface area contributed by atoms with Gasteiger partial charge in [0.05, 0.1) is 23.6 Å². The van der Waals surface area contributed by atoms with Gasteiger partial charge in [0.2, 0.25) is 11.8 Å². The van der Waals surface area contributed by atoms with Gasteiger partial charge in [0.25, 0.3) is 0 Å². The molecule has 0 bridgehead atoms. The number of rotatable bonds is 3. The van der Waals surface area contributed by atoms with Gasteiger partial charge in [-0.1, -0.05) is 47.5 Å². The number of anilines is 1. The minimum Gasteiger partial charge on any atom is -0.358 e. The van der Waals surface area contributed by atoms with Crippen LogP contribution in [-0.2, 0) is 9.59 Å². The molecule has 7 heteroatoms. The van der Waals surface area contributed by atoms with Gasteiger partial charge in [0.1, 0.15) is 6.04 Å². The molecule has 34 heavy (non-hydrogen) atoms. The lowest BCUT2D eigenvalue weighted by molar-refractivity contribution is -0.123. The number of carbonyl (C=O) groups excluding carboxylic acids is 3. The van der Waals surface area contributed by atoms with E-state index >= 15 is 0 Å². The highest BCUT2D eigenvalue weighted by molar-refractivity contribution is 6.31. The van der Waals surface area contributed by atoms with Crippen LogP contribution in [0.2, 0.25) is 10.0 Å². The molecule has 0 aromatic heterocycles. The van der Waals surface area contributed by atoms with E-state index in [1.54, 1.807) is 48.5 Å². The Hall–Kier alpha value is -3.41. The van der Waals surface area contributed by atoms with Crippen LogP contribution in [0.1, 0.15) is 27.5 Å². The SMILES string of the molecule is O=C(c1ccc(Cl)cc1)[C@H]1[C@H]2C(=O)N(c3ccc(Cl)cc3)C(=O)[C@H]2C2c3ccccc3C=CN21. The van der Waals surface area contributed by atoms with Crippen molar-refractivity contribution in [2.24, 2.45) is 11.8 Å². The molecule has 0 saturated carbocycles. The minimum absolute atomic E-state index is 0.211. The van der Waals surface area contributed by atoms with E-state index in [2.05, 4.69) is 0 Å². The molecule has 2 saturated heterocycles. The first kappa shape index (κ1) is 21.1. The summed E-state index contributed by atoms with van der Waals surface area (Å²) in [4.78, 5) is 44.5. The molecule has 0 aliphatic carbocycles. The summed E-state index contributed by atoms with van der Waals surface area (Å²) in [5.74, 6) is -2.38. The summed E-state index contributed by atoms with van der Waals surface area (Å²) in [6.45, 7) is 0. The highest BCUT2D eigenvalue weighted by Gasteiger charge is 2.64. The van der Waals surface area contributed by atoms with Gasteiger partial charge in [-0.2, -0.15) is 0 Å². The Bertz CT molecular complexity index is 1370. The van der Waals surface area contributed by atoms with Gasteiger partial charge in [-0.15, -0.1) is 0 Å². The number of halogens is 2. The van der Waals surface area contributed by atoms with Crippen molar-refractivity contribution in [2.75, 3.05) is 4.90 Å². The first-order valence-electron chi connectivity index (χ1n) is 10.9. The largest absolute Gasteiger partial charge is 0.358 e. The quantitative estimate of drug-likeness (QED) is 0.366. The van der Waals surface area contributed by atoms with Gasteiger partial charge in [0.15, 0.2) is 5.78 Å². The highest BCUT2D eigenvalue weighted by atomic mass is 35.5. The van der Waals surface area contributed by atoms with Gasteiger partial charge >= 0.3 is 0 Å². The molecule has 3 aromatic rings. The number of nitrogens with zero attached hydrogens (tertiary/aromatic N) is 2. The molecule has 3 aliphatic heterocycles. The van der Waals surface area contributed by atoms with Crippen LogP contribution in [0.5, 0.6) is 0 Å². The molecule has 0 radical (unpaired) electrons. The van der Waals surface area contributed by atoms with Crippen LogP contribution in [0.15, 0.2) is 79.0 Å². The third-order valence-electron chi connectivity index (χ3n) is 6.94. The Balaban J connectivity index is 1.49. The van der Waals surface area contributed by atoms with E-state index in [1.807, 2.05) is 41.4 Å². The Morgan fingerprint density at radius 2 is 1.38 bits per heavy atom. The molecule has 0 spiro atoms. The summed E-state index contributed by atoms with van der Waals surface area (Å²) in [5.41, 5.74) is 2.82. The van der Waals surface area contributed by atoms with Crippen LogP contribution >= 0.6 is 23.2 Å². The van der Waals surface area contributed by atoms with Crippen LogP contribution in [0.3, 0.4) is 0 Å². The predicted molar refractivity (Wildman–Crippen MR) is 131 cm³/mol. The van der Waals surface area contributed by atoms with Crippen molar-refractivity contribution in [2.45, 2.75) is 12.1 Å². The number of hydrogen-bond donors (Lipinski definition) is 0. The second-order valence-corrected chi connectivity index (χ2v) is 9.57. The number of amides is 2. The first-order valence-corrected chi connectivity index (χ1v) is 11.7. The average Bonchev–Trinajstić information content (AvgIpc) is 3.32. The minimum atomic E-state index is -0.813. The van der Waals surface area contributed by atoms with Crippen molar-refractivity contribution >= 4 is 52.6 Å². The van der Waals surface area contributed by atoms with Crippen molar-refractivity contribution in [1.82, 2.24) is 4.90 Å². The van der Waals surface area contributed by atoms with Crippen LogP contribution in [0.25, 0.3) is 6.08 Å². The molecule has 3 aliphatic rings. The second kappa shape index (κ2) is 7.83. The molecule has 1 unspecified atom stereocenters. The van der Waals surface area contributed by atoms with E-state index in [0.717, 1.165) is 11.1 Å². The molecule has 4 atom stereocenters. The van der Waals surface area contributed by atoms with Crippen LogP contribution < -0.4 is 4.90 Å². The van der Waals surface area contributed by atoms with Crippen molar-refractivity contribution < 1.29 is 14.4 Å². The number of hydrogen-bond acceptors (Lipinski definition) is 4. The van der Waals surface area contributed by atoms with Crippen molar-refractivity contribution in [3.63, 3.8) is 0 Å².